The number of benzene rings is 2. The van der Waals surface area contributed by atoms with Crippen LogP contribution >= 0.6 is 11.8 Å². The van der Waals surface area contributed by atoms with Gasteiger partial charge in [-0.05, 0) is 69.0 Å². The predicted octanol–water partition coefficient (Wildman–Crippen LogP) is 3.69. The van der Waals surface area contributed by atoms with Gasteiger partial charge in [-0.25, -0.2) is 9.59 Å². The number of nitrogens with zero attached hydrogens (tertiary/aromatic N) is 5. The third-order valence-corrected chi connectivity index (χ3v) is 9.20. The molecule has 1 aliphatic heterocycles. The van der Waals surface area contributed by atoms with E-state index in [0.717, 1.165) is 16.7 Å². The van der Waals surface area contributed by atoms with Crippen LogP contribution in [0.5, 0.6) is 0 Å². The summed E-state index contributed by atoms with van der Waals surface area (Å²) >= 11 is 1.50. The van der Waals surface area contributed by atoms with Crippen molar-refractivity contribution in [2.45, 2.75) is 56.8 Å². The molecule has 3 heterocycles. The van der Waals surface area contributed by atoms with Crippen LogP contribution in [0.25, 0.3) is 22.5 Å². The second kappa shape index (κ2) is 10.2. The van der Waals surface area contributed by atoms with E-state index >= 15 is 0 Å². The van der Waals surface area contributed by atoms with Crippen LogP contribution in [-0.2, 0) is 10.3 Å². The molecule has 5 rings (SSSR count). The fourth-order valence-corrected chi connectivity index (χ4v) is 7.45. The lowest BCUT2D eigenvalue weighted by molar-refractivity contribution is -0.151. The van der Waals surface area contributed by atoms with Crippen molar-refractivity contribution in [2.24, 2.45) is 0 Å². The molecule has 0 bridgehead atoms. The van der Waals surface area contributed by atoms with E-state index in [1.165, 1.54) is 32.5 Å². The van der Waals surface area contributed by atoms with Crippen LogP contribution < -0.4 is 10.7 Å². The summed E-state index contributed by atoms with van der Waals surface area (Å²) in [6, 6.07) is 13.8. The van der Waals surface area contributed by atoms with Gasteiger partial charge in [-0.1, -0.05) is 43.3 Å². The van der Waals surface area contributed by atoms with Crippen LogP contribution in [0.4, 0.5) is 5.69 Å². The van der Waals surface area contributed by atoms with E-state index in [1.807, 2.05) is 62.4 Å². The molecule has 0 amide bonds. The highest BCUT2D eigenvalue weighted by atomic mass is 32.2. The Labute approximate surface area is 240 Å². The molecule has 41 heavy (non-hydrogen) atoms. The van der Waals surface area contributed by atoms with Gasteiger partial charge in [-0.15, -0.1) is 22.0 Å². The lowest BCUT2D eigenvalue weighted by Gasteiger charge is -2.47. The number of anilines is 1. The fraction of sp³-hybridized carbons (Fsp3) is 0.393. The largest absolute Gasteiger partial charge is 0.519 e. The maximum Gasteiger partial charge on any atom is 0.519 e. The second-order valence-corrected chi connectivity index (χ2v) is 12.2. The first kappa shape index (κ1) is 28.6. The first-order valence-electron chi connectivity index (χ1n) is 13.0. The van der Waals surface area contributed by atoms with Gasteiger partial charge in [0.2, 0.25) is 5.82 Å². The Balaban J connectivity index is 1.71. The van der Waals surface area contributed by atoms with Gasteiger partial charge < -0.3 is 23.9 Å². The summed E-state index contributed by atoms with van der Waals surface area (Å²) < 4.78 is 10.7. The van der Waals surface area contributed by atoms with E-state index in [-0.39, 0.29) is 11.5 Å². The zero-order valence-electron chi connectivity index (χ0n) is 23.6. The number of H-pyrrole nitrogens is 1. The average molecular weight is 581 g/mol. The van der Waals surface area contributed by atoms with Gasteiger partial charge in [0.05, 0.1) is 5.60 Å². The molecule has 2 aromatic heterocycles. The Morgan fingerprint density at radius 1 is 1.15 bits per heavy atom. The Morgan fingerprint density at radius 3 is 2.32 bits per heavy atom. The minimum Gasteiger partial charge on any atom is -0.480 e. The van der Waals surface area contributed by atoms with Crippen LogP contribution in [0, 0.1) is 6.92 Å². The summed E-state index contributed by atoms with van der Waals surface area (Å²) in [5.41, 5.74) is -0.289. The first-order valence-corrected chi connectivity index (χ1v) is 14.0. The summed E-state index contributed by atoms with van der Waals surface area (Å²) in [5.74, 6) is -0.998. The quantitative estimate of drug-likeness (QED) is 0.278. The highest BCUT2D eigenvalue weighted by Gasteiger charge is 2.73. The van der Waals surface area contributed by atoms with Crippen molar-refractivity contribution >= 4 is 23.4 Å². The number of thioether (sulfide) groups is 1. The van der Waals surface area contributed by atoms with E-state index < -0.39 is 34.0 Å². The van der Waals surface area contributed by atoms with Crippen molar-refractivity contribution in [3.8, 4) is 22.5 Å². The van der Waals surface area contributed by atoms with Gasteiger partial charge in [0.1, 0.15) is 16.3 Å². The van der Waals surface area contributed by atoms with Crippen LogP contribution in [-0.4, -0.2) is 71.1 Å². The zero-order chi connectivity index (χ0) is 29.7. The molecule has 1 aliphatic rings. The van der Waals surface area contributed by atoms with E-state index in [2.05, 4.69) is 20.6 Å². The van der Waals surface area contributed by atoms with E-state index in [9.17, 15) is 19.8 Å². The highest BCUT2D eigenvalue weighted by Crippen LogP contribution is 2.58. The number of likely N-dealkylation sites (N-methyl/N-ethyl adjacent to an activating group) is 1. The van der Waals surface area contributed by atoms with Gasteiger partial charge in [-0.3, -0.25) is 4.90 Å². The molecular weight excluding hydrogens is 548 g/mol. The topological polar surface area (TPSA) is 162 Å². The third-order valence-electron chi connectivity index (χ3n) is 7.89. The molecule has 3 N–H and O–H groups in total. The molecule has 0 aliphatic carbocycles. The fourth-order valence-electron chi connectivity index (χ4n) is 6.22. The number of tetrazole rings is 1. The highest BCUT2D eigenvalue weighted by molar-refractivity contribution is 8.00. The van der Waals surface area contributed by atoms with Crippen molar-refractivity contribution in [3.05, 3.63) is 70.7 Å². The number of carboxylic acids is 1. The number of aliphatic carboxylic acids is 1. The molecule has 13 heteroatoms. The number of carbonyl (C=O) groups is 1. The molecule has 3 atom stereocenters. The smallest absolute Gasteiger partial charge is 0.480 e. The Morgan fingerprint density at radius 2 is 1.80 bits per heavy atom. The predicted molar refractivity (Wildman–Crippen MR) is 153 cm³/mol. The standard InChI is InChI=1S/C28H32N6O6S/c1-7-41-27(5)33(6)28(26(3,4)38,22-16(2)39-25(37)40-22)21(24(35)36)34(27)18-14-12-17(13-15-18)19-10-8-9-11-20(19)23-29-31-32-30-23/h8-15,21,38H,7H2,1-6H3,(H,35,36)(H,29,30,31,32). The number of nitrogens with one attached hydrogen (secondary N) is 1. The van der Waals surface area contributed by atoms with Crippen LogP contribution in [0.1, 0.15) is 39.2 Å². The summed E-state index contributed by atoms with van der Waals surface area (Å²) in [5, 5.41) is 37.0. The van der Waals surface area contributed by atoms with Gasteiger partial charge in [-0.2, -0.15) is 5.21 Å². The number of rotatable bonds is 8. The molecule has 12 nitrogen and oxygen atoms in total. The summed E-state index contributed by atoms with van der Waals surface area (Å²) in [6.07, 6.45) is 0. The summed E-state index contributed by atoms with van der Waals surface area (Å²) in [7, 11) is 1.73. The van der Waals surface area contributed by atoms with Crippen LogP contribution in [0.15, 0.2) is 62.2 Å². The van der Waals surface area contributed by atoms with Crippen molar-refractivity contribution in [1.29, 1.82) is 0 Å². The number of aliphatic hydroxyl groups is 1. The van der Waals surface area contributed by atoms with Gasteiger partial charge >= 0.3 is 11.8 Å². The SMILES string of the molecule is CCSC1(C)N(c2ccc(-c3ccccc3-c3nn[nH]n3)cc2)C(C(=O)O)C(c2oc(=O)oc2C)(C(C)(C)O)N1C. The van der Waals surface area contributed by atoms with Gasteiger partial charge in [0, 0.05) is 11.3 Å². The summed E-state index contributed by atoms with van der Waals surface area (Å²) in [6.45, 7) is 8.44. The van der Waals surface area contributed by atoms with Crippen molar-refractivity contribution < 1.29 is 23.8 Å². The maximum atomic E-state index is 13.3. The van der Waals surface area contributed by atoms with Crippen molar-refractivity contribution in [3.63, 3.8) is 0 Å². The Bertz CT molecular complexity index is 1610. The first-order chi connectivity index (χ1) is 19.4. The van der Waals surface area contributed by atoms with E-state index in [0.29, 0.717) is 17.3 Å². The molecule has 2 aromatic carbocycles. The number of hydrogen-bond acceptors (Lipinski definition) is 11. The van der Waals surface area contributed by atoms with Crippen LogP contribution in [0.3, 0.4) is 0 Å². The molecule has 0 saturated carbocycles. The molecular formula is C28H32N6O6S. The zero-order valence-corrected chi connectivity index (χ0v) is 24.4. The van der Waals surface area contributed by atoms with Crippen molar-refractivity contribution in [2.75, 3.05) is 17.7 Å². The van der Waals surface area contributed by atoms with Gasteiger partial charge in [0.25, 0.3) is 0 Å². The number of hydrogen-bond donors (Lipinski definition) is 3. The maximum absolute atomic E-state index is 13.3. The molecule has 1 fully saturated rings. The number of carboxylic acid groups (broad SMARTS) is 1. The lowest BCUT2D eigenvalue weighted by Crippen LogP contribution is -2.64. The lowest BCUT2D eigenvalue weighted by atomic mass is 9.73. The number of aryl methyl sites for hydroxylation is 1. The monoisotopic (exact) mass is 580 g/mol. The Hall–Kier alpha value is -3.94. The normalized spacial score (nSPS) is 23.3. The minimum absolute atomic E-state index is 0.0269. The van der Waals surface area contributed by atoms with Crippen LogP contribution in [0.2, 0.25) is 0 Å². The Kier molecular flexibility index (Phi) is 7.08. The third kappa shape index (κ3) is 4.26. The average Bonchev–Trinajstić information content (AvgIpc) is 3.61. The molecule has 0 spiro atoms. The number of aromatic nitrogens is 4. The summed E-state index contributed by atoms with van der Waals surface area (Å²) in [4.78, 5) is 28.1. The minimum atomic E-state index is -1.71. The molecule has 1 saturated heterocycles. The van der Waals surface area contributed by atoms with Crippen molar-refractivity contribution in [1.82, 2.24) is 25.5 Å². The number of aromatic amines is 1. The van der Waals surface area contributed by atoms with Gasteiger partial charge in [0.15, 0.2) is 11.8 Å². The molecule has 4 aromatic rings. The van der Waals surface area contributed by atoms with E-state index in [4.69, 9.17) is 8.83 Å². The molecule has 0 radical (unpaired) electrons. The second-order valence-electron chi connectivity index (χ2n) is 10.5. The molecule has 216 valence electrons. The molecule has 3 unspecified atom stereocenters. The van der Waals surface area contributed by atoms with E-state index in [1.54, 1.807) is 16.8 Å².